The van der Waals surface area contributed by atoms with Crippen molar-refractivity contribution in [2.24, 2.45) is 0 Å². The van der Waals surface area contributed by atoms with Gasteiger partial charge in [0.1, 0.15) is 35.5 Å². The van der Waals surface area contributed by atoms with Crippen molar-refractivity contribution in [3.05, 3.63) is 60.1 Å². The molecule has 128 valence electrons. The Bertz CT molecular complexity index is 1120. The van der Waals surface area contributed by atoms with Crippen LogP contribution in [0, 0.1) is 12.7 Å². The lowest BCUT2D eigenvalue weighted by molar-refractivity contribution is 0.112. The van der Waals surface area contributed by atoms with Crippen LogP contribution in [0.15, 0.2) is 43.1 Å². The Kier molecular flexibility index (Phi) is 3.85. The largest absolute Gasteiger partial charge is 0.341 e. The van der Waals surface area contributed by atoms with E-state index in [0.29, 0.717) is 45.8 Å². The van der Waals surface area contributed by atoms with E-state index >= 15 is 0 Å². The predicted octanol–water partition coefficient (Wildman–Crippen LogP) is 3.42. The summed E-state index contributed by atoms with van der Waals surface area (Å²) in [5.74, 6) is 0.0141. The number of imidazole rings is 1. The summed E-state index contributed by atoms with van der Waals surface area (Å²) in [5.41, 5.74) is 3.62. The van der Waals surface area contributed by atoms with E-state index in [0.717, 1.165) is 0 Å². The molecular formula is C18H13FN6O. The second-order valence-corrected chi connectivity index (χ2v) is 5.64. The molecule has 0 bridgehead atoms. The maximum absolute atomic E-state index is 14.1. The molecule has 4 aromatic rings. The molecule has 26 heavy (non-hydrogen) atoms. The highest BCUT2D eigenvalue weighted by Gasteiger charge is 2.15. The fraction of sp³-hybridized carbons (Fsp3) is 0.0556. The smallest absolute Gasteiger partial charge is 0.181 e. The third kappa shape index (κ3) is 2.67. The van der Waals surface area contributed by atoms with E-state index in [9.17, 15) is 9.18 Å². The van der Waals surface area contributed by atoms with Gasteiger partial charge in [0.2, 0.25) is 0 Å². The molecule has 4 rings (SSSR count). The van der Waals surface area contributed by atoms with E-state index in [-0.39, 0.29) is 5.56 Å². The van der Waals surface area contributed by atoms with Crippen LogP contribution in [0.3, 0.4) is 0 Å². The number of pyridine rings is 1. The van der Waals surface area contributed by atoms with Gasteiger partial charge in [-0.1, -0.05) is 0 Å². The monoisotopic (exact) mass is 348 g/mol. The number of aldehydes is 1. The summed E-state index contributed by atoms with van der Waals surface area (Å²) < 4.78 is 14.1. The Balaban J connectivity index is 1.84. The highest BCUT2D eigenvalue weighted by Crippen LogP contribution is 2.31. The Morgan fingerprint density at radius 2 is 2.08 bits per heavy atom. The summed E-state index contributed by atoms with van der Waals surface area (Å²) >= 11 is 0. The first kappa shape index (κ1) is 15.8. The number of rotatable bonds is 4. The molecule has 0 unspecified atom stereocenters. The number of halogens is 1. The van der Waals surface area contributed by atoms with Crippen LogP contribution in [0.2, 0.25) is 0 Å². The number of anilines is 2. The Labute approximate surface area is 147 Å². The standard InChI is InChI=1S/C18H13FN6O/c1-10-13(19)5-11(7-26)6-14(10)25-17-12(3-2-4-20-17)15-16-18(23-8-21-15)24-9-22-16/h2-9H,1H3,(H,20,25)(H,21,22,23,24). The van der Waals surface area contributed by atoms with Gasteiger partial charge in [-0.3, -0.25) is 4.79 Å². The highest BCUT2D eigenvalue weighted by atomic mass is 19.1. The number of benzene rings is 1. The molecule has 0 atom stereocenters. The van der Waals surface area contributed by atoms with Crippen molar-refractivity contribution in [3.8, 4) is 11.3 Å². The second-order valence-electron chi connectivity index (χ2n) is 5.64. The third-order valence-electron chi connectivity index (χ3n) is 4.04. The molecule has 3 heterocycles. The van der Waals surface area contributed by atoms with Gasteiger partial charge in [-0.05, 0) is 31.2 Å². The van der Waals surface area contributed by atoms with Crippen molar-refractivity contribution >= 4 is 29.0 Å². The van der Waals surface area contributed by atoms with Crippen LogP contribution in [-0.2, 0) is 0 Å². The molecular weight excluding hydrogens is 335 g/mol. The van der Waals surface area contributed by atoms with Crippen molar-refractivity contribution in [2.75, 3.05) is 5.32 Å². The molecule has 7 nitrogen and oxygen atoms in total. The molecule has 8 heteroatoms. The summed E-state index contributed by atoms with van der Waals surface area (Å²) in [6.45, 7) is 1.63. The minimum Gasteiger partial charge on any atom is -0.341 e. The average Bonchev–Trinajstić information content (AvgIpc) is 3.14. The van der Waals surface area contributed by atoms with Gasteiger partial charge < -0.3 is 10.3 Å². The number of carbonyl (C=O) groups excluding carboxylic acids is 1. The molecule has 2 N–H and O–H groups in total. The van der Waals surface area contributed by atoms with E-state index in [2.05, 4.69) is 30.2 Å². The zero-order chi connectivity index (χ0) is 18.1. The van der Waals surface area contributed by atoms with E-state index in [4.69, 9.17) is 0 Å². The van der Waals surface area contributed by atoms with Crippen LogP contribution >= 0.6 is 0 Å². The zero-order valence-electron chi connectivity index (χ0n) is 13.7. The number of hydrogen-bond acceptors (Lipinski definition) is 6. The number of H-pyrrole nitrogens is 1. The van der Waals surface area contributed by atoms with Crippen LogP contribution in [-0.4, -0.2) is 31.2 Å². The summed E-state index contributed by atoms with van der Waals surface area (Å²) in [5, 5.41) is 3.11. The van der Waals surface area contributed by atoms with E-state index in [1.807, 2.05) is 6.07 Å². The Morgan fingerprint density at radius 1 is 1.19 bits per heavy atom. The van der Waals surface area contributed by atoms with Crippen molar-refractivity contribution in [2.45, 2.75) is 6.92 Å². The lowest BCUT2D eigenvalue weighted by Crippen LogP contribution is -2.02. The van der Waals surface area contributed by atoms with Crippen molar-refractivity contribution in [3.63, 3.8) is 0 Å². The molecule has 0 saturated heterocycles. The van der Waals surface area contributed by atoms with Crippen LogP contribution in [0.4, 0.5) is 15.9 Å². The van der Waals surface area contributed by atoms with Crippen LogP contribution in [0.5, 0.6) is 0 Å². The maximum atomic E-state index is 14.1. The predicted molar refractivity (Wildman–Crippen MR) is 94.7 cm³/mol. The van der Waals surface area contributed by atoms with Crippen LogP contribution in [0.1, 0.15) is 15.9 Å². The minimum atomic E-state index is -0.465. The number of aromatic nitrogens is 5. The number of fused-ring (bicyclic) bond motifs is 1. The first-order chi connectivity index (χ1) is 12.7. The number of aromatic amines is 1. The number of hydrogen-bond donors (Lipinski definition) is 2. The fourth-order valence-corrected chi connectivity index (χ4v) is 2.69. The van der Waals surface area contributed by atoms with Gasteiger partial charge in [0, 0.05) is 28.6 Å². The van der Waals surface area contributed by atoms with Gasteiger partial charge in [-0.25, -0.2) is 24.3 Å². The summed E-state index contributed by atoms with van der Waals surface area (Å²) in [6, 6.07) is 6.40. The molecule has 0 fully saturated rings. The van der Waals surface area contributed by atoms with Crippen LogP contribution in [0.25, 0.3) is 22.4 Å². The van der Waals surface area contributed by atoms with Gasteiger partial charge in [0.05, 0.1) is 6.33 Å². The minimum absolute atomic E-state index is 0.242. The van der Waals surface area contributed by atoms with E-state index in [1.54, 1.807) is 31.6 Å². The molecule has 0 aliphatic heterocycles. The van der Waals surface area contributed by atoms with Gasteiger partial charge in [-0.15, -0.1) is 0 Å². The molecule has 0 aliphatic carbocycles. The first-order valence-corrected chi connectivity index (χ1v) is 7.79. The molecule has 0 radical (unpaired) electrons. The molecule has 0 saturated carbocycles. The molecule has 1 aromatic carbocycles. The lowest BCUT2D eigenvalue weighted by atomic mass is 10.1. The third-order valence-corrected chi connectivity index (χ3v) is 4.04. The Morgan fingerprint density at radius 3 is 2.92 bits per heavy atom. The normalized spacial score (nSPS) is 10.8. The summed E-state index contributed by atoms with van der Waals surface area (Å²) in [7, 11) is 0. The number of carbonyl (C=O) groups is 1. The first-order valence-electron chi connectivity index (χ1n) is 7.79. The average molecular weight is 348 g/mol. The maximum Gasteiger partial charge on any atom is 0.181 e. The topological polar surface area (TPSA) is 96.5 Å². The molecule has 0 aliphatic rings. The van der Waals surface area contributed by atoms with Gasteiger partial charge in [-0.2, -0.15) is 0 Å². The van der Waals surface area contributed by atoms with Crippen molar-refractivity contribution < 1.29 is 9.18 Å². The van der Waals surface area contributed by atoms with Crippen molar-refractivity contribution in [1.82, 2.24) is 24.9 Å². The van der Waals surface area contributed by atoms with Crippen molar-refractivity contribution in [1.29, 1.82) is 0 Å². The lowest BCUT2D eigenvalue weighted by Gasteiger charge is -2.13. The highest BCUT2D eigenvalue weighted by molar-refractivity contribution is 5.91. The molecule has 0 amide bonds. The van der Waals surface area contributed by atoms with E-state index < -0.39 is 5.82 Å². The Hall–Kier alpha value is -3.68. The summed E-state index contributed by atoms with van der Waals surface area (Å²) in [6.07, 6.45) is 5.19. The number of nitrogens with one attached hydrogen (secondary N) is 2. The SMILES string of the molecule is Cc1c(F)cc(C=O)cc1Nc1ncccc1-c1ncnc2nc[nH]c12. The van der Waals surface area contributed by atoms with Crippen LogP contribution < -0.4 is 5.32 Å². The molecule has 3 aromatic heterocycles. The van der Waals surface area contributed by atoms with Gasteiger partial charge in [0.15, 0.2) is 5.65 Å². The van der Waals surface area contributed by atoms with Gasteiger partial charge >= 0.3 is 0 Å². The quantitative estimate of drug-likeness (QED) is 0.549. The summed E-state index contributed by atoms with van der Waals surface area (Å²) in [4.78, 5) is 31.0. The fourth-order valence-electron chi connectivity index (χ4n) is 2.69. The van der Waals surface area contributed by atoms with E-state index in [1.165, 1.54) is 12.4 Å². The number of nitrogens with zero attached hydrogens (tertiary/aromatic N) is 4. The van der Waals surface area contributed by atoms with Gasteiger partial charge in [0.25, 0.3) is 0 Å². The second kappa shape index (κ2) is 6.32. The zero-order valence-corrected chi connectivity index (χ0v) is 13.7. The molecule has 0 spiro atoms.